The van der Waals surface area contributed by atoms with E-state index in [1.165, 1.54) is 20.3 Å². The molecule has 6 rings (SSSR count). The largest absolute Gasteiger partial charge is 0.503 e. The summed E-state index contributed by atoms with van der Waals surface area (Å²) in [6.45, 7) is 0. The molecule has 2 N–H and O–H groups in total. The first kappa shape index (κ1) is 24.2. The Labute approximate surface area is 218 Å². The molecule has 1 amide bonds. The van der Waals surface area contributed by atoms with Gasteiger partial charge in [0, 0.05) is 17.5 Å². The van der Waals surface area contributed by atoms with E-state index < -0.39 is 35.1 Å². The van der Waals surface area contributed by atoms with Crippen LogP contribution in [-0.2, 0) is 4.79 Å². The number of rotatable bonds is 6. The number of halogens is 2. The van der Waals surface area contributed by atoms with Crippen molar-refractivity contribution in [2.75, 3.05) is 19.1 Å². The van der Waals surface area contributed by atoms with E-state index in [1.54, 1.807) is 42.5 Å². The van der Waals surface area contributed by atoms with Crippen LogP contribution in [0.4, 0.5) is 14.7 Å². The van der Waals surface area contributed by atoms with E-state index >= 15 is 0 Å². The van der Waals surface area contributed by atoms with Crippen LogP contribution in [0.1, 0.15) is 22.2 Å². The number of carbonyl (C=O) groups excluding carboxylic acids is 2. The number of carbonyl (C=O) groups is 2. The van der Waals surface area contributed by atoms with E-state index in [0.29, 0.717) is 28.0 Å². The summed E-state index contributed by atoms with van der Waals surface area (Å²) in [6.07, 6.45) is 0. The van der Waals surface area contributed by atoms with Crippen molar-refractivity contribution in [1.82, 2.24) is 9.97 Å². The maximum absolute atomic E-state index is 13.9. The highest BCUT2D eigenvalue weighted by Gasteiger charge is 2.46. The molecule has 3 aromatic carbocycles. The summed E-state index contributed by atoms with van der Waals surface area (Å²) in [5.74, 6) is -4.16. The first-order chi connectivity index (χ1) is 18.8. The highest BCUT2D eigenvalue weighted by molar-refractivity contribution is 6.20. The van der Waals surface area contributed by atoms with Gasteiger partial charge in [-0.1, -0.05) is 24.3 Å². The zero-order valence-electron chi connectivity index (χ0n) is 20.5. The van der Waals surface area contributed by atoms with E-state index in [9.17, 15) is 23.5 Å². The maximum atomic E-state index is 13.9. The number of furan rings is 1. The number of H-pyrrole nitrogens is 1. The minimum Gasteiger partial charge on any atom is -0.503 e. The Bertz CT molecular complexity index is 1800. The zero-order valence-corrected chi connectivity index (χ0v) is 20.5. The molecule has 11 heteroatoms. The van der Waals surface area contributed by atoms with Crippen LogP contribution in [0.5, 0.6) is 11.5 Å². The summed E-state index contributed by atoms with van der Waals surface area (Å²) >= 11 is 0. The SMILES string of the molecule is COc1cccc(C2C(C(=O)c3cc4cccc(OC)c4o3)=C(O)C(=O)N2c2nc3cc(F)c(F)cc3[nH]2)c1. The van der Waals surface area contributed by atoms with E-state index in [0.717, 1.165) is 17.0 Å². The van der Waals surface area contributed by atoms with Gasteiger partial charge in [-0.15, -0.1) is 0 Å². The number of hydrogen-bond acceptors (Lipinski definition) is 7. The van der Waals surface area contributed by atoms with Crippen LogP contribution in [0.25, 0.3) is 22.0 Å². The number of benzene rings is 3. The third-order valence-corrected chi connectivity index (χ3v) is 6.55. The fourth-order valence-electron chi connectivity index (χ4n) is 4.73. The van der Waals surface area contributed by atoms with Crippen LogP contribution in [0, 0.1) is 11.6 Å². The number of Topliss-reactive ketones (excluding diaryl/α,β-unsaturated/α-hetero) is 1. The summed E-state index contributed by atoms with van der Waals surface area (Å²) in [7, 11) is 2.92. The lowest BCUT2D eigenvalue weighted by molar-refractivity contribution is -0.117. The molecule has 1 aliphatic heterocycles. The molecule has 9 nitrogen and oxygen atoms in total. The second kappa shape index (κ2) is 8.98. The minimum absolute atomic E-state index is 0.0461. The molecule has 0 bridgehead atoms. The van der Waals surface area contributed by atoms with Crippen molar-refractivity contribution in [2.24, 2.45) is 0 Å². The Balaban J connectivity index is 1.52. The molecule has 39 heavy (non-hydrogen) atoms. The van der Waals surface area contributed by atoms with Crippen molar-refractivity contribution in [1.29, 1.82) is 0 Å². The van der Waals surface area contributed by atoms with Crippen molar-refractivity contribution in [2.45, 2.75) is 6.04 Å². The van der Waals surface area contributed by atoms with Gasteiger partial charge in [0.05, 0.1) is 36.9 Å². The smallest absolute Gasteiger partial charge is 0.296 e. The number of amides is 1. The van der Waals surface area contributed by atoms with Crippen LogP contribution in [0.15, 0.2) is 76.4 Å². The Morgan fingerprint density at radius 1 is 1.05 bits per heavy atom. The average Bonchev–Trinajstić information content (AvgIpc) is 3.62. The third kappa shape index (κ3) is 3.78. The van der Waals surface area contributed by atoms with Crippen molar-refractivity contribution in [3.63, 3.8) is 0 Å². The third-order valence-electron chi connectivity index (χ3n) is 6.55. The molecular weight excluding hydrogens is 512 g/mol. The van der Waals surface area contributed by atoms with Crippen LogP contribution in [0.3, 0.4) is 0 Å². The molecule has 1 unspecified atom stereocenters. The van der Waals surface area contributed by atoms with Gasteiger partial charge in [0.1, 0.15) is 5.75 Å². The fraction of sp³-hybridized carbons (Fsp3) is 0.107. The molecule has 0 fully saturated rings. The number of hydrogen-bond donors (Lipinski definition) is 2. The molecule has 1 aliphatic rings. The van der Waals surface area contributed by atoms with Gasteiger partial charge in [0.15, 0.2) is 34.5 Å². The highest BCUT2D eigenvalue weighted by atomic mass is 19.2. The number of aliphatic hydroxyl groups excluding tert-OH is 1. The Morgan fingerprint density at radius 3 is 2.59 bits per heavy atom. The molecule has 0 saturated carbocycles. The van der Waals surface area contributed by atoms with Crippen LogP contribution in [-0.4, -0.2) is 41.0 Å². The van der Waals surface area contributed by atoms with E-state index in [1.807, 2.05) is 0 Å². The molecule has 1 atom stereocenters. The number of fused-ring (bicyclic) bond motifs is 2. The molecular formula is C28H19F2N3O6. The molecule has 0 aliphatic carbocycles. The van der Waals surface area contributed by atoms with Gasteiger partial charge in [-0.05, 0) is 29.8 Å². The summed E-state index contributed by atoms with van der Waals surface area (Å²) in [5, 5.41) is 11.6. The maximum Gasteiger partial charge on any atom is 0.296 e. The predicted octanol–water partition coefficient (Wildman–Crippen LogP) is 5.39. The first-order valence-corrected chi connectivity index (χ1v) is 11.7. The van der Waals surface area contributed by atoms with Crippen molar-refractivity contribution >= 4 is 39.6 Å². The topological polar surface area (TPSA) is 118 Å². The molecule has 0 spiro atoms. The predicted molar refractivity (Wildman–Crippen MR) is 136 cm³/mol. The molecule has 3 heterocycles. The summed E-state index contributed by atoms with van der Waals surface area (Å²) in [4.78, 5) is 35.4. The average molecular weight is 531 g/mol. The fourth-order valence-corrected chi connectivity index (χ4v) is 4.73. The van der Waals surface area contributed by atoms with Crippen molar-refractivity contribution < 1.29 is 37.4 Å². The summed E-state index contributed by atoms with van der Waals surface area (Å²) in [5.41, 5.74) is 0.615. The second-order valence-corrected chi connectivity index (χ2v) is 8.78. The number of nitrogens with zero attached hydrogens (tertiary/aromatic N) is 2. The number of aromatic nitrogens is 2. The van der Waals surface area contributed by atoms with Gasteiger partial charge >= 0.3 is 0 Å². The monoisotopic (exact) mass is 531 g/mol. The van der Waals surface area contributed by atoms with E-state index in [4.69, 9.17) is 13.9 Å². The first-order valence-electron chi connectivity index (χ1n) is 11.7. The molecule has 0 radical (unpaired) electrons. The van der Waals surface area contributed by atoms with E-state index in [-0.39, 0.29) is 28.3 Å². The Morgan fingerprint density at radius 2 is 1.82 bits per heavy atom. The number of aliphatic hydroxyl groups is 1. The van der Waals surface area contributed by atoms with Gasteiger partial charge < -0.3 is 24.0 Å². The normalized spacial score (nSPS) is 15.5. The molecule has 0 saturated heterocycles. The minimum atomic E-state index is -1.19. The number of anilines is 1. The number of nitrogens with one attached hydrogen (secondary N) is 1. The zero-order chi connectivity index (χ0) is 27.4. The number of para-hydroxylation sites is 1. The number of aromatic amines is 1. The van der Waals surface area contributed by atoms with Gasteiger partial charge in [0.25, 0.3) is 5.91 Å². The van der Waals surface area contributed by atoms with Crippen molar-refractivity contribution in [3.8, 4) is 11.5 Å². The Kier molecular flexibility index (Phi) is 5.56. The van der Waals surface area contributed by atoms with Gasteiger partial charge in [0.2, 0.25) is 11.7 Å². The van der Waals surface area contributed by atoms with E-state index in [2.05, 4.69) is 9.97 Å². The van der Waals surface area contributed by atoms with Crippen LogP contribution >= 0.6 is 0 Å². The molecule has 5 aromatic rings. The van der Waals surface area contributed by atoms with Crippen LogP contribution < -0.4 is 14.4 Å². The molecule has 196 valence electrons. The quantitative estimate of drug-likeness (QED) is 0.282. The highest BCUT2D eigenvalue weighted by Crippen LogP contribution is 2.43. The standard InChI is InChI=1S/C28H19F2N3O6/c1-37-15-7-3-5-13(9-15)23-22(24(34)21-10-14-6-4-8-20(38-2)26(14)39-21)25(35)27(36)33(23)28-31-18-11-16(29)17(30)12-19(18)32-28/h3-12,23,35H,1-2H3,(H,31,32). The lowest BCUT2D eigenvalue weighted by Gasteiger charge is -2.24. The number of imidazole rings is 1. The van der Waals surface area contributed by atoms with Gasteiger partial charge in [-0.3, -0.25) is 14.5 Å². The number of methoxy groups -OCH3 is 2. The second-order valence-electron chi connectivity index (χ2n) is 8.78. The summed E-state index contributed by atoms with van der Waals surface area (Å²) < 4.78 is 44.2. The van der Waals surface area contributed by atoms with Gasteiger partial charge in [-0.2, -0.15) is 0 Å². The number of ketones is 1. The lowest BCUT2D eigenvalue weighted by atomic mass is 9.95. The Hall–Kier alpha value is -5.19. The lowest BCUT2D eigenvalue weighted by Crippen LogP contribution is -2.32. The summed E-state index contributed by atoms with van der Waals surface area (Å²) in [6, 6.07) is 13.8. The van der Waals surface area contributed by atoms with Crippen molar-refractivity contribution in [3.05, 3.63) is 95.0 Å². The number of ether oxygens (including phenoxy) is 2. The van der Waals surface area contributed by atoms with Gasteiger partial charge in [-0.25, -0.2) is 13.8 Å². The molecule has 2 aromatic heterocycles. The van der Waals surface area contributed by atoms with Crippen LogP contribution in [0.2, 0.25) is 0 Å².